The van der Waals surface area contributed by atoms with Crippen molar-refractivity contribution in [3.05, 3.63) is 23.8 Å². The number of hydrogen-bond donors (Lipinski definition) is 2. The van der Waals surface area contributed by atoms with Crippen LogP contribution in [0.3, 0.4) is 0 Å². The Hall–Kier alpha value is -2.24. The highest BCUT2D eigenvalue weighted by atomic mass is 16.5. The molecule has 0 saturated heterocycles. The number of carboxylic acid groups (broad SMARTS) is 1. The zero-order chi connectivity index (χ0) is 19.1. The fourth-order valence-electron chi connectivity index (χ4n) is 3.09. The van der Waals surface area contributed by atoms with Gasteiger partial charge in [0.05, 0.1) is 25.2 Å². The summed E-state index contributed by atoms with van der Waals surface area (Å²) in [6.45, 7) is 4.78. The Balaban J connectivity index is 2.01. The van der Waals surface area contributed by atoms with Crippen molar-refractivity contribution >= 4 is 11.9 Å². The van der Waals surface area contributed by atoms with Gasteiger partial charge in [-0.3, -0.25) is 9.59 Å². The molecule has 1 saturated carbocycles. The van der Waals surface area contributed by atoms with Gasteiger partial charge in [0, 0.05) is 12.1 Å². The molecule has 0 aliphatic heterocycles. The minimum atomic E-state index is -0.745. The highest BCUT2D eigenvalue weighted by Gasteiger charge is 2.27. The molecule has 1 fully saturated rings. The Morgan fingerprint density at radius 3 is 2.50 bits per heavy atom. The molecule has 0 heterocycles. The van der Waals surface area contributed by atoms with Crippen molar-refractivity contribution in [3.8, 4) is 11.5 Å². The number of carboxylic acids is 1. The molecule has 1 aromatic rings. The van der Waals surface area contributed by atoms with Crippen LogP contribution < -0.4 is 14.8 Å². The summed E-state index contributed by atoms with van der Waals surface area (Å²) < 4.78 is 11.1. The summed E-state index contributed by atoms with van der Waals surface area (Å²) >= 11 is 0. The Morgan fingerprint density at radius 2 is 1.92 bits per heavy atom. The molecule has 1 aliphatic carbocycles. The molecule has 2 N–H and O–H groups in total. The second-order valence-corrected chi connectivity index (χ2v) is 7.25. The lowest BCUT2D eigenvalue weighted by Crippen LogP contribution is -2.38. The summed E-state index contributed by atoms with van der Waals surface area (Å²) in [7, 11) is 1.58. The smallest absolute Gasteiger partial charge is 0.306 e. The van der Waals surface area contributed by atoms with Crippen LogP contribution in [0.15, 0.2) is 18.2 Å². The van der Waals surface area contributed by atoms with E-state index < -0.39 is 5.97 Å². The minimum Gasteiger partial charge on any atom is -0.497 e. The number of carbonyl (C=O) groups excluding carboxylic acids is 1. The topological polar surface area (TPSA) is 84.9 Å². The first-order valence-corrected chi connectivity index (χ1v) is 9.25. The number of ether oxygens (including phenoxy) is 2. The van der Waals surface area contributed by atoms with E-state index in [9.17, 15) is 9.59 Å². The van der Waals surface area contributed by atoms with Gasteiger partial charge < -0.3 is 19.9 Å². The third-order valence-electron chi connectivity index (χ3n) is 4.80. The molecule has 0 bridgehead atoms. The van der Waals surface area contributed by atoms with E-state index in [1.165, 1.54) is 0 Å². The average molecular weight is 363 g/mol. The number of hydrogen-bond acceptors (Lipinski definition) is 4. The monoisotopic (exact) mass is 363 g/mol. The predicted octanol–water partition coefficient (Wildman–Crippen LogP) is 3.49. The number of aliphatic carboxylic acids is 1. The summed E-state index contributed by atoms with van der Waals surface area (Å²) in [6.07, 6.45) is 3.46. The van der Waals surface area contributed by atoms with Crippen molar-refractivity contribution < 1.29 is 24.2 Å². The van der Waals surface area contributed by atoms with Gasteiger partial charge in [-0.05, 0) is 50.2 Å². The van der Waals surface area contributed by atoms with Crippen LogP contribution in [0.5, 0.6) is 11.5 Å². The third kappa shape index (κ3) is 5.64. The highest BCUT2D eigenvalue weighted by Crippen LogP contribution is 2.28. The van der Waals surface area contributed by atoms with Crippen molar-refractivity contribution in [2.45, 2.75) is 52.0 Å². The Bertz CT molecular complexity index is 621. The van der Waals surface area contributed by atoms with Gasteiger partial charge in [-0.15, -0.1) is 0 Å². The van der Waals surface area contributed by atoms with Crippen molar-refractivity contribution in [2.75, 3.05) is 13.7 Å². The second-order valence-electron chi connectivity index (χ2n) is 7.25. The molecular weight excluding hydrogens is 334 g/mol. The lowest BCUT2D eigenvalue weighted by atomic mass is 9.86. The summed E-state index contributed by atoms with van der Waals surface area (Å²) in [5.41, 5.74) is 0.481. The van der Waals surface area contributed by atoms with E-state index in [0.29, 0.717) is 55.3 Å². The second kappa shape index (κ2) is 9.46. The molecule has 0 radical (unpaired) electrons. The number of methoxy groups -OCH3 is 1. The molecule has 1 aromatic carbocycles. The van der Waals surface area contributed by atoms with Crippen LogP contribution in [0.4, 0.5) is 0 Å². The largest absolute Gasteiger partial charge is 0.497 e. The molecule has 0 unspecified atom stereocenters. The van der Waals surface area contributed by atoms with E-state index in [1.54, 1.807) is 25.3 Å². The molecular formula is C20H29NO5. The fraction of sp³-hybridized carbons (Fsp3) is 0.600. The summed E-state index contributed by atoms with van der Waals surface area (Å²) in [5, 5.41) is 12.1. The van der Waals surface area contributed by atoms with Gasteiger partial charge in [-0.25, -0.2) is 0 Å². The lowest BCUT2D eigenvalue weighted by molar-refractivity contribution is -0.142. The van der Waals surface area contributed by atoms with E-state index in [4.69, 9.17) is 14.6 Å². The zero-order valence-electron chi connectivity index (χ0n) is 15.8. The van der Waals surface area contributed by atoms with E-state index in [0.717, 1.165) is 6.42 Å². The van der Waals surface area contributed by atoms with Crippen LogP contribution in [-0.2, 0) is 4.79 Å². The quantitative estimate of drug-likeness (QED) is 0.738. The lowest BCUT2D eigenvalue weighted by Gasteiger charge is -2.27. The van der Waals surface area contributed by atoms with Crippen LogP contribution in [-0.4, -0.2) is 36.7 Å². The average Bonchev–Trinajstić information content (AvgIpc) is 2.61. The van der Waals surface area contributed by atoms with Crippen LogP contribution >= 0.6 is 0 Å². The van der Waals surface area contributed by atoms with E-state index in [1.807, 2.05) is 0 Å². The predicted molar refractivity (Wildman–Crippen MR) is 98.8 cm³/mol. The Morgan fingerprint density at radius 1 is 1.23 bits per heavy atom. The molecule has 26 heavy (non-hydrogen) atoms. The summed E-state index contributed by atoms with van der Waals surface area (Å²) in [5.74, 6) is 0.447. The van der Waals surface area contributed by atoms with Gasteiger partial charge in [0.2, 0.25) is 0 Å². The molecule has 1 amide bonds. The van der Waals surface area contributed by atoms with Gasteiger partial charge >= 0.3 is 5.97 Å². The van der Waals surface area contributed by atoms with E-state index in [2.05, 4.69) is 19.2 Å². The van der Waals surface area contributed by atoms with Crippen molar-refractivity contribution in [1.82, 2.24) is 5.32 Å². The van der Waals surface area contributed by atoms with E-state index >= 15 is 0 Å². The summed E-state index contributed by atoms with van der Waals surface area (Å²) in [4.78, 5) is 23.7. The number of nitrogens with one attached hydrogen (secondary N) is 1. The molecule has 0 atom stereocenters. The molecule has 6 heteroatoms. The Kier molecular flexibility index (Phi) is 7.30. The van der Waals surface area contributed by atoms with Gasteiger partial charge in [-0.2, -0.15) is 0 Å². The molecule has 144 valence electrons. The third-order valence-corrected chi connectivity index (χ3v) is 4.80. The first-order chi connectivity index (χ1) is 12.4. The Labute approximate surface area is 154 Å². The first kappa shape index (κ1) is 20.1. The van der Waals surface area contributed by atoms with Gasteiger partial charge in [-0.1, -0.05) is 13.8 Å². The fourth-order valence-corrected chi connectivity index (χ4v) is 3.09. The van der Waals surface area contributed by atoms with Gasteiger partial charge in [0.1, 0.15) is 11.5 Å². The van der Waals surface area contributed by atoms with Crippen LogP contribution in [0.1, 0.15) is 56.3 Å². The summed E-state index contributed by atoms with van der Waals surface area (Å²) in [6, 6.07) is 5.19. The molecule has 2 rings (SSSR count). The molecule has 1 aliphatic rings. The number of rotatable bonds is 8. The maximum atomic E-state index is 12.7. The molecule has 0 spiro atoms. The highest BCUT2D eigenvalue weighted by molar-refractivity contribution is 5.97. The SMILES string of the molecule is COc1ccc(C(=O)NC2CCC(C(=O)O)CC2)c(OCCC(C)C)c1. The first-order valence-electron chi connectivity index (χ1n) is 9.25. The van der Waals surface area contributed by atoms with Crippen LogP contribution in [0.25, 0.3) is 0 Å². The number of benzene rings is 1. The minimum absolute atomic E-state index is 0.00344. The van der Waals surface area contributed by atoms with Crippen molar-refractivity contribution in [3.63, 3.8) is 0 Å². The van der Waals surface area contributed by atoms with Crippen molar-refractivity contribution in [2.24, 2.45) is 11.8 Å². The normalized spacial score (nSPS) is 19.8. The molecule has 0 aromatic heterocycles. The molecule has 6 nitrogen and oxygen atoms in total. The van der Waals surface area contributed by atoms with Crippen LogP contribution in [0.2, 0.25) is 0 Å². The van der Waals surface area contributed by atoms with Gasteiger partial charge in [0.15, 0.2) is 0 Å². The zero-order valence-corrected chi connectivity index (χ0v) is 15.8. The van der Waals surface area contributed by atoms with Crippen LogP contribution in [0, 0.1) is 11.8 Å². The standard InChI is InChI=1S/C20H29NO5/c1-13(2)10-11-26-18-12-16(25-3)8-9-17(18)19(22)21-15-6-4-14(5-7-15)20(23)24/h8-9,12-15H,4-7,10-11H2,1-3H3,(H,21,22)(H,23,24). The number of carbonyl (C=O) groups is 2. The maximum Gasteiger partial charge on any atom is 0.306 e. The number of amides is 1. The van der Waals surface area contributed by atoms with Gasteiger partial charge in [0.25, 0.3) is 5.91 Å². The van der Waals surface area contributed by atoms with E-state index in [-0.39, 0.29) is 17.9 Å². The maximum absolute atomic E-state index is 12.7. The van der Waals surface area contributed by atoms with Crippen molar-refractivity contribution in [1.29, 1.82) is 0 Å².